The lowest BCUT2D eigenvalue weighted by Crippen LogP contribution is -2.44. The molecule has 2 N–H and O–H groups in total. The van der Waals surface area contributed by atoms with E-state index in [4.69, 9.17) is 5.11 Å². The van der Waals surface area contributed by atoms with Gasteiger partial charge in [-0.3, -0.25) is 4.79 Å². The van der Waals surface area contributed by atoms with E-state index in [1.54, 1.807) is 20.8 Å². The fourth-order valence-electron chi connectivity index (χ4n) is 2.28. The fraction of sp³-hybridized carbons (Fsp3) is 0.375. The van der Waals surface area contributed by atoms with Crippen LogP contribution in [0.4, 0.5) is 8.78 Å². The summed E-state index contributed by atoms with van der Waals surface area (Å²) in [7, 11) is 0. The van der Waals surface area contributed by atoms with Gasteiger partial charge in [-0.15, -0.1) is 5.10 Å². The predicted octanol–water partition coefficient (Wildman–Crippen LogP) is 2.02. The van der Waals surface area contributed by atoms with E-state index >= 15 is 0 Å². The number of nitrogens with zero attached hydrogens (tertiary/aromatic N) is 3. The zero-order valence-electron chi connectivity index (χ0n) is 14.3. The Balaban J connectivity index is 2.21. The lowest BCUT2D eigenvalue weighted by molar-refractivity contribution is -0.140. The molecule has 0 spiro atoms. The Labute approximate surface area is 147 Å². The van der Waals surface area contributed by atoms with E-state index in [1.165, 1.54) is 28.9 Å². The zero-order chi connectivity index (χ0) is 19.4. The average molecular weight is 368 g/mol. The third-order valence-electron chi connectivity index (χ3n) is 3.64. The zero-order valence-corrected chi connectivity index (χ0v) is 14.3. The smallest absolute Gasteiger partial charge is 0.387 e. The summed E-state index contributed by atoms with van der Waals surface area (Å²) in [6.07, 6.45) is 0. The molecule has 0 unspecified atom stereocenters. The molecule has 8 nitrogen and oxygen atoms in total. The molecule has 0 aliphatic rings. The van der Waals surface area contributed by atoms with Crippen LogP contribution < -0.4 is 10.1 Å². The van der Waals surface area contributed by atoms with Crippen LogP contribution in [0.25, 0.3) is 5.69 Å². The highest BCUT2D eigenvalue weighted by Gasteiger charge is 2.26. The van der Waals surface area contributed by atoms with Crippen LogP contribution in [0, 0.1) is 12.8 Å². The van der Waals surface area contributed by atoms with Crippen molar-refractivity contribution in [3.63, 3.8) is 0 Å². The van der Waals surface area contributed by atoms with Crippen molar-refractivity contribution in [2.24, 2.45) is 5.92 Å². The molecule has 0 saturated heterocycles. The Kier molecular flexibility index (Phi) is 5.86. The number of nitrogens with one attached hydrogen (secondary N) is 1. The Morgan fingerprint density at radius 1 is 1.23 bits per heavy atom. The van der Waals surface area contributed by atoms with Gasteiger partial charge in [-0.1, -0.05) is 19.1 Å². The third kappa shape index (κ3) is 4.32. The number of aliphatic carboxylic acids is 1. The minimum atomic E-state index is -2.92. The van der Waals surface area contributed by atoms with Gasteiger partial charge in [0, 0.05) is 0 Å². The van der Waals surface area contributed by atoms with E-state index in [0.717, 1.165) is 0 Å². The molecule has 2 rings (SSSR count). The van der Waals surface area contributed by atoms with Crippen LogP contribution in [0.15, 0.2) is 24.3 Å². The van der Waals surface area contributed by atoms with Gasteiger partial charge in [-0.25, -0.2) is 9.48 Å². The third-order valence-corrected chi connectivity index (χ3v) is 3.64. The Hall–Kier alpha value is -3.04. The topological polar surface area (TPSA) is 106 Å². The fourth-order valence-corrected chi connectivity index (χ4v) is 2.28. The van der Waals surface area contributed by atoms with Crippen molar-refractivity contribution < 1.29 is 28.2 Å². The maximum absolute atomic E-state index is 12.3. The van der Waals surface area contributed by atoms with Crippen molar-refractivity contribution in [3.05, 3.63) is 35.7 Å². The van der Waals surface area contributed by atoms with Gasteiger partial charge in [0.2, 0.25) is 0 Å². The molecule has 0 radical (unpaired) electrons. The molecule has 1 atom stereocenters. The summed E-state index contributed by atoms with van der Waals surface area (Å²) >= 11 is 0. The molecule has 2 aromatic rings. The number of rotatable bonds is 7. The summed E-state index contributed by atoms with van der Waals surface area (Å²) in [5, 5.41) is 19.2. The van der Waals surface area contributed by atoms with Gasteiger partial charge in [0.15, 0.2) is 5.69 Å². The van der Waals surface area contributed by atoms with Crippen LogP contribution >= 0.6 is 0 Å². The summed E-state index contributed by atoms with van der Waals surface area (Å²) in [5.41, 5.74) is 0.831. The van der Waals surface area contributed by atoms with Crippen molar-refractivity contribution in [2.75, 3.05) is 0 Å². The maximum atomic E-state index is 12.3. The largest absolute Gasteiger partial charge is 0.480 e. The van der Waals surface area contributed by atoms with Crippen LogP contribution in [0.1, 0.15) is 30.0 Å². The number of benzene rings is 1. The molecular weight excluding hydrogens is 350 g/mol. The Morgan fingerprint density at radius 2 is 1.85 bits per heavy atom. The predicted molar refractivity (Wildman–Crippen MR) is 86.5 cm³/mol. The average Bonchev–Trinajstić information content (AvgIpc) is 2.93. The van der Waals surface area contributed by atoms with E-state index < -0.39 is 24.5 Å². The monoisotopic (exact) mass is 368 g/mol. The number of halogens is 2. The van der Waals surface area contributed by atoms with Crippen LogP contribution in [0.2, 0.25) is 0 Å². The lowest BCUT2D eigenvalue weighted by Gasteiger charge is -2.17. The van der Waals surface area contributed by atoms with Crippen molar-refractivity contribution in [1.29, 1.82) is 0 Å². The number of carboxylic acids is 1. The first-order chi connectivity index (χ1) is 12.2. The van der Waals surface area contributed by atoms with E-state index in [0.29, 0.717) is 11.4 Å². The molecule has 10 heteroatoms. The van der Waals surface area contributed by atoms with Gasteiger partial charge in [0.05, 0.1) is 11.4 Å². The summed E-state index contributed by atoms with van der Waals surface area (Å²) in [6.45, 7) is 2.01. The van der Waals surface area contributed by atoms with Crippen molar-refractivity contribution >= 4 is 11.9 Å². The first-order valence-electron chi connectivity index (χ1n) is 7.72. The molecule has 0 aliphatic carbocycles. The minimum Gasteiger partial charge on any atom is -0.480 e. The normalized spacial score (nSPS) is 12.3. The molecule has 0 fully saturated rings. The van der Waals surface area contributed by atoms with E-state index in [-0.39, 0.29) is 17.4 Å². The summed E-state index contributed by atoms with van der Waals surface area (Å²) < 4.78 is 30.0. The van der Waals surface area contributed by atoms with Gasteiger partial charge >= 0.3 is 12.6 Å². The van der Waals surface area contributed by atoms with Gasteiger partial charge in [-0.2, -0.15) is 8.78 Å². The Bertz CT molecular complexity index is 790. The van der Waals surface area contributed by atoms with Gasteiger partial charge < -0.3 is 15.2 Å². The van der Waals surface area contributed by atoms with Crippen LogP contribution in [-0.4, -0.2) is 44.6 Å². The number of carbonyl (C=O) groups excluding carboxylic acids is 1. The SMILES string of the molecule is Cc1c(C(=O)N[C@@H](C(=O)O)C(C)C)nnn1-c1ccc(OC(F)F)cc1. The van der Waals surface area contributed by atoms with E-state index in [1.807, 2.05) is 0 Å². The molecule has 26 heavy (non-hydrogen) atoms. The second-order valence-corrected chi connectivity index (χ2v) is 5.84. The highest BCUT2D eigenvalue weighted by Crippen LogP contribution is 2.19. The number of carbonyl (C=O) groups is 2. The van der Waals surface area contributed by atoms with Gasteiger partial charge in [-0.05, 0) is 37.1 Å². The second-order valence-electron chi connectivity index (χ2n) is 5.84. The first kappa shape index (κ1) is 19.3. The summed E-state index contributed by atoms with van der Waals surface area (Å²) in [6, 6.07) is 4.58. The van der Waals surface area contributed by atoms with E-state index in [9.17, 15) is 18.4 Å². The number of ether oxygens (including phenoxy) is 1. The summed E-state index contributed by atoms with van der Waals surface area (Å²) in [5.74, 6) is -2.13. The molecule has 1 aromatic heterocycles. The summed E-state index contributed by atoms with van der Waals surface area (Å²) in [4.78, 5) is 23.5. The molecule has 1 heterocycles. The number of alkyl halides is 2. The van der Waals surface area contributed by atoms with Crippen LogP contribution in [-0.2, 0) is 4.79 Å². The number of hydrogen-bond acceptors (Lipinski definition) is 5. The standard InChI is InChI=1S/C16H18F2N4O4/c1-8(2)12(15(24)25)19-14(23)13-9(3)22(21-20-13)10-4-6-11(7-5-10)26-16(17)18/h4-8,12,16H,1-3H3,(H,19,23)(H,24,25)/t12-/m1/s1. The van der Waals surface area contributed by atoms with Crippen molar-refractivity contribution in [1.82, 2.24) is 20.3 Å². The maximum Gasteiger partial charge on any atom is 0.387 e. The minimum absolute atomic E-state index is 0.0132. The lowest BCUT2D eigenvalue weighted by atomic mass is 10.0. The number of carboxylic acid groups (broad SMARTS) is 1. The van der Waals surface area contributed by atoms with Gasteiger partial charge in [0.1, 0.15) is 11.8 Å². The van der Waals surface area contributed by atoms with Crippen LogP contribution in [0.3, 0.4) is 0 Å². The molecule has 1 aromatic carbocycles. The molecule has 0 aliphatic heterocycles. The van der Waals surface area contributed by atoms with Crippen LogP contribution in [0.5, 0.6) is 5.75 Å². The van der Waals surface area contributed by atoms with Gasteiger partial charge in [0.25, 0.3) is 5.91 Å². The van der Waals surface area contributed by atoms with Crippen molar-refractivity contribution in [2.45, 2.75) is 33.4 Å². The number of amides is 1. The second kappa shape index (κ2) is 7.89. The molecule has 1 amide bonds. The molecule has 140 valence electrons. The number of hydrogen-bond donors (Lipinski definition) is 2. The first-order valence-corrected chi connectivity index (χ1v) is 7.72. The van der Waals surface area contributed by atoms with E-state index in [2.05, 4.69) is 20.4 Å². The van der Waals surface area contributed by atoms with Crippen molar-refractivity contribution in [3.8, 4) is 11.4 Å². The number of aromatic nitrogens is 3. The molecule has 0 saturated carbocycles. The molecule has 0 bridgehead atoms. The molecular formula is C16H18F2N4O4. The highest BCUT2D eigenvalue weighted by molar-refractivity contribution is 5.95. The highest BCUT2D eigenvalue weighted by atomic mass is 19.3. The Morgan fingerprint density at radius 3 is 2.35 bits per heavy atom. The quantitative estimate of drug-likeness (QED) is 0.774.